The lowest BCUT2D eigenvalue weighted by Gasteiger charge is -1.95. The third-order valence-corrected chi connectivity index (χ3v) is 0.715. The van der Waals surface area contributed by atoms with Gasteiger partial charge in [-0.25, -0.2) is 4.57 Å². The van der Waals surface area contributed by atoms with E-state index in [0.29, 0.717) is 12.5 Å². The normalized spacial score (nSPS) is 9.38. The predicted octanol–water partition coefficient (Wildman–Crippen LogP) is 0.682. The molecule has 0 amide bonds. The van der Waals surface area contributed by atoms with Crippen molar-refractivity contribution in [1.29, 1.82) is 0 Å². The van der Waals surface area contributed by atoms with Crippen molar-refractivity contribution < 1.29 is 9.09 Å². The summed E-state index contributed by atoms with van der Waals surface area (Å²) in [7, 11) is -0.210. The molecule has 8 heavy (non-hydrogen) atoms. The van der Waals surface area contributed by atoms with Crippen molar-refractivity contribution in [3.63, 3.8) is 0 Å². The quantitative estimate of drug-likeness (QED) is 0.437. The molecule has 0 spiro atoms. The molecular formula is C4H12AlO2P. The van der Waals surface area contributed by atoms with Crippen LogP contribution in [0.25, 0.3) is 0 Å². The number of hydrogen-bond acceptors (Lipinski definition) is 2. The topological polar surface area (TPSA) is 26.3 Å². The average Bonchev–Trinajstić information content (AvgIpc) is 1.61. The van der Waals surface area contributed by atoms with E-state index in [1.165, 1.54) is 0 Å². The van der Waals surface area contributed by atoms with Gasteiger partial charge in [-0.15, -0.1) is 0 Å². The number of rotatable bonds is 3. The lowest BCUT2D eigenvalue weighted by Crippen LogP contribution is -1.93. The molecule has 0 N–H and O–H groups in total. The molecule has 0 aliphatic carbocycles. The first-order valence-corrected chi connectivity index (χ1v) is 2.95. The molecule has 2 nitrogen and oxygen atoms in total. The van der Waals surface area contributed by atoms with Crippen molar-refractivity contribution in [2.75, 3.05) is 6.61 Å². The monoisotopic (exact) mass is 150 g/mol. The zero-order chi connectivity index (χ0) is 5.70. The molecule has 48 valence electrons. The second-order valence-electron chi connectivity index (χ2n) is 1.76. The minimum absolute atomic E-state index is 0. The summed E-state index contributed by atoms with van der Waals surface area (Å²) in [5.74, 6) is 0.474. The van der Waals surface area contributed by atoms with Crippen LogP contribution >= 0.6 is 8.69 Å². The van der Waals surface area contributed by atoms with Crippen LogP contribution in [0.2, 0.25) is 0 Å². The first-order valence-electron chi connectivity index (χ1n) is 2.22. The Morgan fingerprint density at radius 1 is 1.62 bits per heavy atom. The van der Waals surface area contributed by atoms with E-state index in [1.807, 2.05) is 13.8 Å². The molecule has 0 heterocycles. The predicted molar refractivity (Wildman–Crippen MR) is 38.3 cm³/mol. The second kappa shape index (κ2) is 7.59. The van der Waals surface area contributed by atoms with Gasteiger partial charge in [0.2, 0.25) is 0 Å². The van der Waals surface area contributed by atoms with E-state index in [1.54, 1.807) is 0 Å². The largest absolute Gasteiger partial charge is 0.327 e. The fourth-order valence-corrected chi connectivity index (χ4v) is 0.539. The van der Waals surface area contributed by atoms with Crippen molar-refractivity contribution in [2.24, 2.45) is 5.92 Å². The number of hydrogen-bond donors (Lipinski definition) is 0. The molecule has 0 aromatic carbocycles. The summed E-state index contributed by atoms with van der Waals surface area (Å²) < 4.78 is 14.1. The molecule has 0 rings (SSSR count). The Balaban J connectivity index is 0. The highest BCUT2D eigenvalue weighted by atomic mass is 31.1. The fraction of sp³-hybridized carbons (Fsp3) is 1.00. The van der Waals surface area contributed by atoms with Gasteiger partial charge in [0.05, 0.1) is 6.61 Å². The second-order valence-corrected chi connectivity index (χ2v) is 2.17. The lowest BCUT2D eigenvalue weighted by atomic mass is 10.2. The maximum Gasteiger partial charge on any atom is 0.327 e. The van der Waals surface area contributed by atoms with Crippen LogP contribution in [0.3, 0.4) is 0 Å². The van der Waals surface area contributed by atoms with Crippen molar-refractivity contribution >= 4 is 26.0 Å². The van der Waals surface area contributed by atoms with Crippen LogP contribution in [-0.4, -0.2) is 24.0 Å². The summed E-state index contributed by atoms with van der Waals surface area (Å²) in [5.41, 5.74) is 0. The van der Waals surface area contributed by atoms with Gasteiger partial charge in [0.15, 0.2) is 17.4 Å². The Morgan fingerprint density at radius 2 is 2.12 bits per heavy atom. The Bertz CT molecular complexity index is 58.0. The van der Waals surface area contributed by atoms with Crippen molar-refractivity contribution in [1.82, 2.24) is 0 Å². The highest BCUT2D eigenvalue weighted by molar-refractivity contribution is 7.17. The summed E-state index contributed by atoms with van der Waals surface area (Å²) in [4.78, 5) is 0. The van der Waals surface area contributed by atoms with E-state index in [4.69, 9.17) is 0 Å². The molecule has 0 fully saturated rings. The maximum absolute atomic E-state index is 9.58. The van der Waals surface area contributed by atoms with Gasteiger partial charge >= 0.3 is 8.69 Å². The smallest absolute Gasteiger partial charge is 0.294 e. The average molecular weight is 150 g/mol. The van der Waals surface area contributed by atoms with Crippen LogP contribution in [-0.2, 0) is 9.09 Å². The first-order chi connectivity index (χ1) is 3.27. The Kier molecular flexibility index (Phi) is 10.8. The lowest BCUT2D eigenvalue weighted by molar-refractivity contribution is 0.293. The van der Waals surface area contributed by atoms with Crippen LogP contribution in [0.1, 0.15) is 13.8 Å². The van der Waals surface area contributed by atoms with Gasteiger partial charge in [-0.2, -0.15) is 0 Å². The van der Waals surface area contributed by atoms with E-state index >= 15 is 0 Å². The van der Waals surface area contributed by atoms with E-state index in [0.717, 1.165) is 0 Å². The van der Waals surface area contributed by atoms with E-state index in [-0.39, 0.29) is 26.0 Å². The Morgan fingerprint density at radius 3 is 2.25 bits per heavy atom. The van der Waals surface area contributed by atoms with E-state index in [2.05, 4.69) is 4.52 Å². The van der Waals surface area contributed by atoms with Crippen molar-refractivity contribution in [3.8, 4) is 0 Å². The van der Waals surface area contributed by atoms with Crippen molar-refractivity contribution in [2.45, 2.75) is 13.8 Å². The van der Waals surface area contributed by atoms with Gasteiger partial charge in [-0.05, 0) is 5.92 Å². The maximum atomic E-state index is 9.58. The summed E-state index contributed by atoms with van der Waals surface area (Å²) >= 11 is 0. The summed E-state index contributed by atoms with van der Waals surface area (Å²) in [6, 6.07) is 0. The standard InChI is InChI=1S/C4H9O2P.Al.3H/c1-4(2)3-6-7-5;;;;/h4H,3H2,1-2H3;;;;. The first kappa shape index (κ1) is 11.4. The third-order valence-electron chi connectivity index (χ3n) is 0.461. The Labute approximate surface area is 62.0 Å². The van der Waals surface area contributed by atoms with Gasteiger partial charge in [0.1, 0.15) is 0 Å². The molecule has 0 radical (unpaired) electrons. The molecule has 0 bridgehead atoms. The Hall–Kier alpha value is 0.592. The van der Waals surface area contributed by atoms with E-state index < -0.39 is 0 Å². The van der Waals surface area contributed by atoms with E-state index in [9.17, 15) is 4.57 Å². The highest BCUT2D eigenvalue weighted by Gasteiger charge is 1.89. The SMILES string of the molecule is CC(C)COP=O.[AlH3]. The minimum Gasteiger partial charge on any atom is -0.294 e. The van der Waals surface area contributed by atoms with Gasteiger partial charge in [0, 0.05) is 0 Å². The van der Waals surface area contributed by atoms with Crippen LogP contribution < -0.4 is 0 Å². The molecule has 0 aromatic heterocycles. The summed E-state index contributed by atoms with van der Waals surface area (Å²) in [6.07, 6.45) is 0. The molecule has 0 aromatic rings. The van der Waals surface area contributed by atoms with Crippen molar-refractivity contribution in [3.05, 3.63) is 0 Å². The summed E-state index contributed by atoms with van der Waals surface area (Å²) in [6.45, 7) is 4.58. The molecule has 4 heteroatoms. The molecular weight excluding hydrogens is 138 g/mol. The minimum atomic E-state index is -0.210. The third kappa shape index (κ3) is 9.78. The molecule has 0 saturated heterocycles. The zero-order valence-corrected chi connectivity index (χ0v) is 5.44. The molecule has 0 aliphatic heterocycles. The fourth-order valence-electron chi connectivity index (χ4n) is 0.180. The van der Waals surface area contributed by atoms with Gasteiger partial charge < -0.3 is 0 Å². The van der Waals surface area contributed by atoms with Gasteiger partial charge in [0.25, 0.3) is 0 Å². The van der Waals surface area contributed by atoms with Crippen LogP contribution in [0, 0.1) is 5.92 Å². The van der Waals surface area contributed by atoms with Crippen LogP contribution in [0.15, 0.2) is 0 Å². The molecule has 0 aliphatic rings. The summed E-state index contributed by atoms with van der Waals surface area (Å²) in [5, 5.41) is 0. The van der Waals surface area contributed by atoms with Crippen LogP contribution in [0.5, 0.6) is 0 Å². The molecule has 0 unspecified atom stereocenters. The zero-order valence-electron chi connectivity index (χ0n) is 4.55. The highest BCUT2D eigenvalue weighted by Crippen LogP contribution is 1.99. The van der Waals surface area contributed by atoms with Crippen LogP contribution in [0.4, 0.5) is 0 Å². The van der Waals surface area contributed by atoms with Gasteiger partial charge in [-0.3, -0.25) is 4.52 Å². The molecule has 0 atom stereocenters. The molecule has 0 saturated carbocycles. The van der Waals surface area contributed by atoms with Gasteiger partial charge in [-0.1, -0.05) is 13.8 Å².